The van der Waals surface area contributed by atoms with Crippen LogP contribution in [-0.4, -0.2) is 0 Å². The summed E-state index contributed by atoms with van der Waals surface area (Å²) in [4.78, 5) is 2.44. The van der Waals surface area contributed by atoms with Crippen LogP contribution >= 0.6 is 11.3 Å². The number of fused-ring (bicyclic) bond motifs is 7. The second kappa shape index (κ2) is 17.6. The molecule has 1 heterocycles. The lowest BCUT2D eigenvalue weighted by molar-refractivity contribution is 0.768. The van der Waals surface area contributed by atoms with Crippen molar-refractivity contribution in [2.24, 2.45) is 0 Å². The van der Waals surface area contributed by atoms with Gasteiger partial charge in [0.15, 0.2) is 0 Å². The molecule has 0 saturated carbocycles. The van der Waals surface area contributed by atoms with Crippen LogP contribution in [0, 0.1) is 0 Å². The predicted molar refractivity (Wildman–Crippen MR) is 311 cm³/mol. The fourth-order valence-corrected chi connectivity index (χ4v) is 13.0. The molecule has 1 aliphatic carbocycles. The Labute approximate surface area is 430 Å². The van der Waals surface area contributed by atoms with Gasteiger partial charge in [-0.2, -0.15) is 0 Å². The minimum Gasteiger partial charge on any atom is -0.309 e. The van der Waals surface area contributed by atoms with E-state index in [2.05, 4.69) is 290 Å². The smallest absolute Gasteiger partial charge is 0.0713 e. The Hall–Kier alpha value is -9.08. The van der Waals surface area contributed by atoms with Crippen LogP contribution < -0.4 is 4.90 Å². The summed E-state index contributed by atoms with van der Waals surface area (Å²) in [6.07, 6.45) is 0. The molecular weight excluding hydrogens is 899 g/mol. The molecule has 1 aromatic heterocycles. The molecule has 0 unspecified atom stereocenters. The van der Waals surface area contributed by atoms with E-state index in [-0.39, 0.29) is 0 Å². The fraction of sp³-hybridized carbons (Fsp3) is 0.0141. The number of benzene rings is 12. The van der Waals surface area contributed by atoms with Crippen molar-refractivity contribution in [2.45, 2.75) is 5.41 Å². The molecule has 0 atom stereocenters. The summed E-state index contributed by atoms with van der Waals surface area (Å²) in [6.45, 7) is 0. The largest absolute Gasteiger partial charge is 0.309 e. The zero-order chi connectivity index (χ0) is 48.3. The van der Waals surface area contributed by atoms with Crippen molar-refractivity contribution in [3.8, 4) is 55.6 Å². The summed E-state index contributed by atoms with van der Waals surface area (Å²) in [7, 11) is 0. The zero-order valence-electron chi connectivity index (χ0n) is 40.0. The van der Waals surface area contributed by atoms with E-state index in [1.54, 1.807) is 0 Å². The Bertz CT molecular complexity index is 4150. The van der Waals surface area contributed by atoms with Crippen molar-refractivity contribution in [2.75, 3.05) is 4.90 Å². The highest BCUT2D eigenvalue weighted by atomic mass is 32.1. The van der Waals surface area contributed by atoms with Gasteiger partial charge < -0.3 is 4.90 Å². The zero-order valence-corrected chi connectivity index (χ0v) is 40.8. The maximum Gasteiger partial charge on any atom is 0.0713 e. The van der Waals surface area contributed by atoms with Crippen LogP contribution in [0.4, 0.5) is 17.1 Å². The minimum atomic E-state index is -0.457. The predicted octanol–water partition coefficient (Wildman–Crippen LogP) is 19.7. The van der Waals surface area contributed by atoms with E-state index in [4.69, 9.17) is 0 Å². The number of nitrogens with zero attached hydrogens (tertiary/aromatic N) is 1. The van der Waals surface area contributed by atoms with E-state index >= 15 is 0 Å². The number of thiophene rings is 1. The molecule has 0 saturated heterocycles. The van der Waals surface area contributed by atoms with Crippen molar-refractivity contribution in [1.29, 1.82) is 0 Å². The average molecular weight is 946 g/mol. The van der Waals surface area contributed by atoms with Crippen molar-refractivity contribution >= 4 is 59.3 Å². The second-order valence-electron chi connectivity index (χ2n) is 19.2. The lowest BCUT2D eigenvalue weighted by Gasteiger charge is -2.34. The maximum absolute atomic E-state index is 2.44. The van der Waals surface area contributed by atoms with Gasteiger partial charge >= 0.3 is 0 Å². The van der Waals surface area contributed by atoms with E-state index in [0.717, 1.165) is 17.1 Å². The molecule has 1 aliphatic rings. The van der Waals surface area contributed by atoms with Crippen LogP contribution in [0.5, 0.6) is 0 Å². The number of hydrogen-bond donors (Lipinski definition) is 0. The van der Waals surface area contributed by atoms with Crippen LogP contribution in [-0.2, 0) is 5.41 Å². The second-order valence-corrected chi connectivity index (χ2v) is 20.2. The third-order valence-electron chi connectivity index (χ3n) is 15.1. The van der Waals surface area contributed by atoms with Gasteiger partial charge in [-0.05, 0) is 143 Å². The Morgan fingerprint density at radius 1 is 0.301 bits per heavy atom. The molecule has 0 amide bonds. The first-order valence-corrected chi connectivity index (χ1v) is 26.0. The van der Waals surface area contributed by atoms with Crippen molar-refractivity contribution in [3.05, 3.63) is 307 Å². The fourth-order valence-electron chi connectivity index (χ4n) is 11.8. The van der Waals surface area contributed by atoms with Crippen LogP contribution in [0.25, 0.3) is 86.6 Å². The molecule has 1 nitrogen and oxygen atoms in total. The normalized spacial score (nSPS) is 12.5. The molecule has 0 bridgehead atoms. The van der Waals surface area contributed by atoms with Gasteiger partial charge in [0, 0.05) is 26.8 Å². The number of hydrogen-bond acceptors (Lipinski definition) is 2. The molecule has 73 heavy (non-hydrogen) atoms. The average Bonchev–Trinajstić information content (AvgIpc) is 4.06. The standard InChI is InChI=1S/C71H47NS/c1-3-23-57(24-4-1)71(58-25-5-2-6-26-58)65-31-11-9-28-64(65)69-61(29-15-32-66(69)71)50-39-43-60(44-40-50)72(67-33-16-30-63-62-27-10-12-34-68(62)73-70(63)67)59-41-37-49(38-42-59)52-19-13-20-53(45-52)54-21-14-22-55(47-54)56-36-35-48-17-7-8-18-51(48)46-56/h1-47H. The summed E-state index contributed by atoms with van der Waals surface area (Å²) >= 11 is 1.87. The monoisotopic (exact) mass is 945 g/mol. The Kier molecular flexibility index (Phi) is 10.3. The molecule has 342 valence electrons. The minimum absolute atomic E-state index is 0.457. The lowest BCUT2D eigenvalue weighted by Crippen LogP contribution is -2.28. The quantitative estimate of drug-likeness (QED) is 0.139. The summed E-state index contributed by atoms with van der Waals surface area (Å²) in [5, 5.41) is 5.07. The van der Waals surface area contributed by atoms with Gasteiger partial charge in [-0.15, -0.1) is 11.3 Å². The van der Waals surface area contributed by atoms with E-state index < -0.39 is 5.41 Å². The van der Waals surface area contributed by atoms with Crippen LogP contribution in [0.3, 0.4) is 0 Å². The molecule has 0 spiro atoms. The molecule has 0 N–H and O–H groups in total. The van der Waals surface area contributed by atoms with Crippen molar-refractivity contribution in [3.63, 3.8) is 0 Å². The first kappa shape index (κ1) is 42.8. The highest BCUT2D eigenvalue weighted by Crippen LogP contribution is 2.58. The van der Waals surface area contributed by atoms with Crippen LogP contribution in [0.1, 0.15) is 22.3 Å². The molecule has 2 heteroatoms. The first-order chi connectivity index (χ1) is 36.2. The van der Waals surface area contributed by atoms with Gasteiger partial charge in [-0.1, -0.05) is 231 Å². The number of rotatable bonds is 9. The Morgan fingerprint density at radius 2 is 0.795 bits per heavy atom. The van der Waals surface area contributed by atoms with Gasteiger partial charge in [-0.25, -0.2) is 0 Å². The molecular formula is C71H47NS. The molecule has 0 aliphatic heterocycles. The van der Waals surface area contributed by atoms with E-state index in [0.29, 0.717) is 0 Å². The molecule has 14 rings (SSSR count). The van der Waals surface area contributed by atoms with Gasteiger partial charge in [0.25, 0.3) is 0 Å². The van der Waals surface area contributed by atoms with Crippen LogP contribution in [0.15, 0.2) is 285 Å². The lowest BCUT2D eigenvalue weighted by atomic mass is 9.67. The van der Waals surface area contributed by atoms with E-state index in [9.17, 15) is 0 Å². The first-order valence-electron chi connectivity index (χ1n) is 25.1. The molecule has 0 fully saturated rings. The molecule has 0 radical (unpaired) electrons. The third kappa shape index (κ3) is 7.13. The van der Waals surface area contributed by atoms with Crippen LogP contribution in [0.2, 0.25) is 0 Å². The summed E-state index contributed by atoms with van der Waals surface area (Å²) < 4.78 is 2.56. The molecule has 13 aromatic rings. The Morgan fingerprint density at radius 3 is 1.49 bits per heavy atom. The third-order valence-corrected chi connectivity index (χ3v) is 16.4. The topological polar surface area (TPSA) is 3.24 Å². The highest BCUT2D eigenvalue weighted by Gasteiger charge is 2.46. The van der Waals surface area contributed by atoms with Gasteiger partial charge in [0.1, 0.15) is 0 Å². The highest BCUT2D eigenvalue weighted by molar-refractivity contribution is 7.26. The van der Waals surface area contributed by atoms with Gasteiger partial charge in [-0.3, -0.25) is 0 Å². The Balaban J connectivity index is 0.857. The van der Waals surface area contributed by atoms with E-state index in [1.807, 2.05) is 11.3 Å². The number of anilines is 3. The van der Waals surface area contributed by atoms with Gasteiger partial charge in [0.05, 0.1) is 15.8 Å². The summed E-state index contributed by atoms with van der Waals surface area (Å²) in [5.74, 6) is 0. The van der Waals surface area contributed by atoms with Gasteiger partial charge in [0.2, 0.25) is 0 Å². The van der Waals surface area contributed by atoms with Crippen molar-refractivity contribution in [1.82, 2.24) is 0 Å². The summed E-state index contributed by atoms with van der Waals surface area (Å²) in [5.41, 5.74) is 20.3. The summed E-state index contributed by atoms with van der Waals surface area (Å²) in [6, 6.07) is 105. The maximum atomic E-state index is 2.44. The SMILES string of the molecule is c1ccc(C2(c3ccccc3)c3ccccc3-c3c(-c4ccc(N(c5ccc(-c6cccc(-c7cccc(-c8ccc9ccccc9c8)c7)c6)cc5)c5cccc6c5sc5ccccc56)cc4)cccc32)cc1. The van der Waals surface area contributed by atoms with Crippen molar-refractivity contribution < 1.29 is 0 Å². The molecule has 12 aromatic carbocycles. The van der Waals surface area contributed by atoms with E-state index in [1.165, 1.54) is 109 Å².